The normalized spacial score (nSPS) is 13.4. The number of amides is 1. The number of rotatable bonds is 10. The van der Waals surface area contributed by atoms with Crippen LogP contribution in [0.3, 0.4) is 0 Å². The maximum Gasteiger partial charge on any atom is 0.245 e. The fourth-order valence-corrected chi connectivity index (χ4v) is 5.46. The molecule has 3 N–H and O–H groups in total. The maximum absolute atomic E-state index is 15.3. The molecule has 1 aliphatic heterocycles. The summed E-state index contributed by atoms with van der Waals surface area (Å²) in [4.78, 5) is 31.0. The largest absolute Gasteiger partial charge is 0.495 e. The van der Waals surface area contributed by atoms with Crippen LogP contribution in [0.2, 0.25) is 0 Å². The Bertz CT molecular complexity index is 1790. The van der Waals surface area contributed by atoms with Crippen LogP contribution in [-0.2, 0) is 4.79 Å². The van der Waals surface area contributed by atoms with Crippen molar-refractivity contribution in [3.63, 3.8) is 0 Å². The predicted octanol–water partition coefficient (Wildman–Crippen LogP) is 6.50. The van der Waals surface area contributed by atoms with Gasteiger partial charge < -0.3 is 30.3 Å². The first-order chi connectivity index (χ1) is 21.5. The summed E-state index contributed by atoms with van der Waals surface area (Å²) in [5, 5.41) is 13.0. The molecule has 0 bridgehead atoms. The lowest BCUT2D eigenvalue weighted by Gasteiger charge is -2.32. The summed E-state index contributed by atoms with van der Waals surface area (Å²) in [5.41, 5.74) is 1.62. The Labute approximate surface area is 256 Å². The Morgan fingerprint density at radius 3 is 2.61 bits per heavy atom. The Morgan fingerprint density at radius 1 is 1.02 bits per heavy atom. The van der Waals surface area contributed by atoms with E-state index in [9.17, 15) is 4.79 Å². The van der Waals surface area contributed by atoms with Crippen molar-refractivity contribution in [2.45, 2.75) is 18.9 Å². The van der Waals surface area contributed by atoms with Crippen molar-refractivity contribution in [3.05, 3.63) is 85.0 Å². The predicted molar refractivity (Wildman–Crippen MR) is 169 cm³/mol. The minimum absolute atomic E-state index is 0.0576. The molecular weight excluding hydrogens is 583 g/mol. The van der Waals surface area contributed by atoms with Gasteiger partial charge in [0.2, 0.25) is 5.91 Å². The monoisotopic (exact) mass is 612 g/mol. The van der Waals surface area contributed by atoms with Crippen LogP contribution in [-0.4, -0.2) is 57.0 Å². The highest BCUT2D eigenvalue weighted by molar-refractivity contribution is 7.13. The van der Waals surface area contributed by atoms with Crippen molar-refractivity contribution in [3.8, 4) is 17.2 Å². The highest BCUT2D eigenvalue weighted by Crippen LogP contribution is 2.35. The summed E-state index contributed by atoms with van der Waals surface area (Å²) >= 11 is 1.45. The molecule has 2 aromatic carbocycles. The van der Waals surface area contributed by atoms with E-state index in [1.165, 1.54) is 29.8 Å². The lowest BCUT2D eigenvalue weighted by Crippen LogP contribution is -2.41. The molecule has 4 heterocycles. The molecule has 1 saturated heterocycles. The first kappa shape index (κ1) is 28.8. The second kappa shape index (κ2) is 12.9. The van der Waals surface area contributed by atoms with E-state index in [1.54, 1.807) is 48.7 Å². The summed E-state index contributed by atoms with van der Waals surface area (Å²) in [5.74, 6) is 1.87. The highest BCUT2D eigenvalue weighted by atomic mass is 32.1. The fourth-order valence-electron chi connectivity index (χ4n) is 4.92. The Morgan fingerprint density at radius 2 is 1.86 bits per heavy atom. The van der Waals surface area contributed by atoms with Gasteiger partial charge in [0.15, 0.2) is 5.13 Å². The molecule has 0 atom stereocenters. The number of nitrogens with zero attached hydrogens (tertiary/aromatic N) is 5. The number of carbonyl (C=O) groups is 1. The molecule has 0 spiro atoms. The zero-order chi connectivity index (χ0) is 30.5. The number of carbonyl (C=O) groups excluding carboxylic acids is 1. The lowest BCUT2D eigenvalue weighted by atomic mass is 10.0. The van der Waals surface area contributed by atoms with Crippen LogP contribution in [0.4, 0.5) is 32.5 Å². The van der Waals surface area contributed by atoms with E-state index < -0.39 is 5.82 Å². The quantitative estimate of drug-likeness (QED) is 0.151. The van der Waals surface area contributed by atoms with E-state index in [2.05, 4.69) is 42.5 Å². The second-order valence-electron chi connectivity index (χ2n) is 9.95. The number of piperidine rings is 1. The molecule has 1 amide bonds. The number of hydrogen-bond acceptors (Lipinski definition) is 11. The molecule has 5 aromatic rings. The number of methoxy groups -OCH3 is 1. The molecule has 0 aliphatic carbocycles. The number of nitrogens with one attached hydrogen (secondary N) is 3. The van der Waals surface area contributed by atoms with E-state index >= 15 is 4.39 Å². The van der Waals surface area contributed by atoms with Crippen LogP contribution in [0, 0.1) is 5.82 Å². The zero-order valence-electron chi connectivity index (χ0n) is 23.8. The number of ether oxygens (including phenoxy) is 2. The van der Waals surface area contributed by atoms with Crippen molar-refractivity contribution in [2.75, 3.05) is 36.1 Å². The first-order valence-corrected chi connectivity index (χ1v) is 14.7. The van der Waals surface area contributed by atoms with Gasteiger partial charge in [-0.15, -0.1) is 11.3 Å². The molecule has 1 aliphatic rings. The van der Waals surface area contributed by atoms with Crippen LogP contribution >= 0.6 is 11.3 Å². The third kappa shape index (κ3) is 6.52. The minimum Gasteiger partial charge on any atom is -0.495 e. The van der Waals surface area contributed by atoms with Crippen molar-refractivity contribution in [2.24, 2.45) is 0 Å². The average molecular weight is 613 g/mol. The number of hydrogen-bond donors (Lipinski definition) is 3. The third-order valence-electron chi connectivity index (χ3n) is 7.13. The Kier molecular flexibility index (Phi) is 8.46. The highest BCUT2D eigenvalue weighted by Gasteiger charge is 2.23. The van der Waals surface area contributed by atoms with Crippen LogP contribution < -0.4 is 25.4 Å². The zero-order valence-corrected chi connectivity index (χ0v) is 24.6. The van der Waals surface area contributed by atoms with Crippen molar-refractivity contribution >= 4 is 56.3 Å². The van der Waals surface area contributed by atoms with Gasteiger partial charge in [-0.05, 0) is 43.2 Å². The summed E-state index contributed by atoms with van der Waals surface area (Å²) in [7, 11) is 1.60. The Hall–Kier alpha value is -5.30. The molecule has 44 heavy (non-hydrogen) atoms. The number of halogens is 1. The van der Waals surface area contributed by atoms with Crippen molar-refractivity contribution in [1.82, 2.24) is 24.8 Å². The van der Waals surface area contributed by atoms with Gasteiger partial charge in [-0.1, -0.05) is 6.58 Å². The van der Waals surface area contributed by atoms with Crippen LogP contribution in [0.1, 0.15) is 12.8 Å². The van der Waals surface area contributed by atoms with Crippen molar-refractivity contribution < 1.29 is 18.7 Å². The van der Waals surface area contributed by atoms with E-state index in [0.29, 0.717) is 58.0 Å². The van der Waals surface area contributed by atoms with E-state index in [4.69, 9.17) is 9.47 Å². The number of anilines is 5. The van der Waals surface area contributed by atoms with Gasteiger partial charge >= 0.3 is 0 Å². The first-order valence-electron chi connectivity index (χ1n) is 13.9. The van der Waals surface area contributed by atoms with E-state index in [1.807, 2.05) is 17.5 Å². The molecule has 0 radical (unpaired) electrons. The summed E-state index contributed by atoms with van der Waals surface area (Å²) < 4.78 is 26.8. The van der Waals surface area contributed by atoms with Crippen LogP contribution in [0.25, 0.3) is 10.9 Å². The molecule has 1 fully saturated rings. The smallest absolute Gasteiger partial charge is 0.245 e. The molecular formula is C31H29FN8O3S. The SMILES string of the molecule is C=CC(=O)N1CCC(Nc2cc3c(Nc4ccc(Oc5ccnc(Nc6nccs6)c5)cc4F)ncnc3cc2OC)CC1. The fraction of sp³-hybridized carbons (Fsp3) is 0.194. The maximum atomic E-state index is 15.3. The van der Waals surface area contributed by atoms with Gasteiger partial charge in [0.1, 0.15) is 41.0 Å². The van der Waals surface area contributed by atoms with Gasteiger partial charge in [-0.2, -0.15) is 0 Å². The number of likely N-dealkylation sites (tertiary alicyclic amines) is 1. The topological polar surface area (TPSA) is 126 Å². The molecule has 0 unspecified atom stereocenters. The molecule has 224 valence electrons. The van der Waals surface area contributed by atoms with Gasteiger partial charge in [-0.25, -0.2) is 24.3 Å². The summed E-state index contributed by atoms with van der Waals surface area (Å²) in [6, 6.07) is 11.8. The van der Waals surface area contributed by atoms with E-state index in [0.717, 1.165) is 18.5 Å². The standard InChI is InChI=1S/C31H29FN8O3S/c1-3-29(41)40-11-7-19(8-12-40)37-26-16-22-25(17-27(26)42-2)35-18-36-30(22)38-24-5-4-20(14-23(24)32)43-21-6-9-33-28(15-21)39-31-34-10-13-44-31/h3-6,9-10,13-19,37H,1,7-8,11-12H2,2H3,(H,33,34,39)(H,35,36,38). The van der Waals surface area contributed by atoms with Gasteiger partial charge in [0, 0.05) is 60.5 Å². The minimum atomic E-state index is -0.517. The van der Waals surface area contributed by atoms with E-state index in [-0.39, 0.29) is 17.6 Å². The molecule has 0 saturated carbocycles. The third-order valence-corrected chi connectivity index (χ3v) is 7.81. The van der Waals surface area contributed by atoms with Crippen LogP contribution in [0.5, 0.6) is 17.2 Å². The van der Waals surface area contributed by atoms with Crippen LogP contribution in [0.15, 0.2) is 79.2 Å². The average Bonchev–Trinajstić information content (AvgIpc) is 3.55. The lowest BCUT2D eigenvalue weighted by molar-refractivity contribution is -0.126. The molecule has 11 nitrogen and oxygen atoms in total. The van der Waals surface area contributed by atoms with Gasteiger partial charge in [-0.3, -0.25) is 4.79 Å². The number of aromatic nitrogens is 4. The van der Waals surface area contributed by atoms with Crippen molar-refractivity contribution in [1.29, 1.82) is 0 Å². The number of fused-ring (bicyclic) bond motifs is 1. The number of benzene rings is 2. The summed E-state index contributed by atoms with van der Waals surface area (Å²) in [6.45, 7) is 4.85. The molecule has 3 aromatic heterocycles. The Balaban J connectivity index is 1.18. The summed E-state index contributed by atoms with van der Waals surface area (Å²) in [6.07, 6.45) is 7.61. The molecule has 6 rings (SSSR count). The van der Waals surface area contributed by atoms with Gasteiger partial charge in [0.05, 0.1) is 24.0 Å². The second-order valence-corrected chi connectivity index (χ2v) is 10.8. The number of thiazole rings is 1. The number of pyridine rings is 1. The molecule has 13 heteroatoms. The van der Waals surface area contributed by atoms with Gasteiger partial charge in [0.25, 0.3) is 0 Å².